The van der Waals surface area contributed by atoms with Crippen LogP contribution >= 0.6 is 11.8 Å². The molecule has 0 amide bonds. The van der Waals surface area contributed by atoms with Gasteiger partial charge in [-0.25, -0.2) is 9.18 Å². The SMILES string of the molecule is COC(=O)[C@@H](NCC1CCSCC1)c1ccc(F)cc1. The molecule has 5 heteroatoms. The van der Waals surface area contributed by atoms with E-state index in [0.717, 1.165) is 12.1 Å². The quantitative estimate of drug-likeness (QED) is 0.848. The summed E-state index contributed by atoms with van der Waals surface area (Å²) >= 11 is 1.98. The molecule has 0 aliphatic carbocycles. The predicted octanol–water partition coefficient (Wildman–Crippen LogP) is 2.77. The molecule has 0 unspecified atom stereocenters. The molecule has 110 valence electrons. The van der Waals surface area contributed by atoms with E-state index < -0.39 is 6.04 Å². The Morgan fingerprint density at radius 1 is 1.40 bits per heavy atom. The summed E-state index contributed by atoms with van der Waals surface area (Å²) in [5.74, 6) is 2.34. The van der Waals surface area contributed by atoms with E-state index >= 15 is 0 Å². The summed E-state index contributed by atoms with van der Waals surface area (Å²) in [6.45, 7) is 0.789. The van der Waals surface area contributed by atoms with Crippen LogP contribution in [0, 0.1) is 11.7 Å². The second kappa shape index (κ2) is 7.64. The number of ether oxygens (including phenoxy) is 1. The standard InChI is InChI=1S/C15H20FNO2S/c1-19-15(18)14(12-2-4-13(16)5-3-12)17-10-11-6-8-20-9-7-11/h2-5,11,14,17H,6-10H2,1H3/t14-/m0/s1. The number of halogens is 1. The van der Waals surface area contributed by atoms with Crippen molar-refractivity contribution in [1.29, 1.82) is 0 Å². The first-order valence-electron chi connectivity index (χ1n) is 6.85. The average molecular weight is 297 g/mol. The van der Waals surface area contributed by atoms with Crippen LogP contribution in [0.3, 0.4) is 0 Å². The van der Waals surface area contributed by atoms with Crippen molar-refractivity contribution >= 4 is 17.7 Å². The van der Waals surface area contributed by atoms with Crippen molar-refractivity contribution in [2.75, 3.05) is 25.2 Å². The highest BCUT2D eigenvalue weighted by molar-refractivity contribution is 7.99. The first-order valence-corrected chi connectivity index (χ1v) is 8.00. The van der Waals surface area contributed by atoms with Crippen molar-refractivity contribution in [3.8, 4) is 0 Å². The van der Waals surface area contributed by atoms with E-state index in [2.05, 4.69) is 5.32 Å². The predicted molar refractivity (Wildman–Crippen MR) is 79.2 cm³/mol. The lowest BCUT2D eigenvalue weighted by atomic mass is 10.0. The molecule has 1 atom stereocenters. The van der Waals surface area contributed by atoms with Crippen LogP contribution in [0.4, 0.5) is 4.39 Å². The molecule has 1 heterocycles. The van der Waals surface area contributed by atoms with Crippen LogP contribution in [0.25, 0.3) is 0 Å². The van der Waals surface area contributed by atoms with Gasteiger partial charge in [0.25, 0.3) is 0 Å². The molecule has 0 aromatic heterocycles. The molecule has 20 heavy (non-hydrogen) atoms. The number of benzene rings is 1. The zero-order valence-corrected chi connectivity index (χ0v) is 12.4. The lowest BCUT2D eigenvalue weighted by Gasteiger charge is -2.24. The number of carbonyl (C=O) groups is 1. The third-order valence-corrected chi connectivity index (χ3v) is 4.64. The van der Waals surface area contributed by atoms with Crippen LogP contribution in [0.5, 0.6) is 0 Å². The fourth-order valence-corrected chi connectivity index (χ4v) is 3.55. The molecule has 1 N–H and O–H groups in total. The van der Waals surface area contributed by atoms with Crippen LogP contribution < -0.4 is 5.32 Å². The summed E-state index contributed by atoms with van der Waals surface area (Å²) in [4.78, 5) is 11.9. The number of thioether (sulfide) groups is 1. The monoisotopic (exact) mass is 297 g/mol. The number of nitrogens with one attached hydrogen (secondary N) is 1. The molecule has 0 radical (unpaired) electrons. The first kappa shape index (κ1) is 15.3. The molecule has 1 saturated heterocycles. The van der Waals surface area contributed by atoms with Crippen molar-refractivity contribution in [2.45, 2.75) is 18.9 Å². The van der Waals surface area contributed by atoms with Crippen LogP contribution in [0.2, 0.25) is 0 Å². The van der Waals surface area contributed by atoms with Crippen molar-refractivity contribution < 1.29 is 13.9 Å². The van der Waals surface area contributed by atoms with E-state index in [9.17, 15) is 9.18 Å². The number of esters is 1. The highest BCUT2D eigenvalue weighted by Crippen LogP contribution is 2.23. The Hall–Kier alpha value is -1.07. The molecule has 0 bridgehead atoms. The van der Waals surface area contributed by atoms with Gasteiger partial charge in [0.15, 0.2) is 0 Å². The fraction of sp³-hybridized carbons (Fsp3) is 0.533. The van der Waals surface area contributed by atoms with E-state index in [-0.39, 0.29) is 11.8 Å². The summed E-state index contributed by atoms with van der Waals surface area (Å²) in [5.41, 5.74) is 0.739. The molecule has 3 nitrogen and oxygen atoms in total. The number of rotatable bonds is 5. The van der Waals surface area contributed by atoms with Gasteiger partial charge in [0, 0.05) is 0 Å². The largest absolute Gasteiger partial charge is 0.468 e. The summed E-state index contributed by atoms with van der Waals surface area (Å²) in [5, 5.41) is 3.27. The number of methoxy groups -OCH3 is 1. The molecule has 1 fully saturated rings. The zero-order valence-electron chi connectivity index (χ0n) is 11.6. The summed E-state index contributed by atoms with van der Waals surface area (Å²) in [6.07, 6.45) is 2.35. The van der Waals surface area contributed by atoms with Gasteiger partial charge in [-0.15, -0.1) is 0 Å². The van der Waals surface area contributed by atoms with Crippen molar-refractivity contribution in [3.63, 3.8) is 0 Å². The third-order valence-electron chi connectivity index (χ3n) is 3.59. The van der Waals surface area contributed by atoms with Gasteiger partial charge in [-0.05, 0) is 54.5 Å². The van der Waals surface area contributed by atoms with Gasteiger partial charge in [-0.1, -0.05) is 12.1 Å². The Kier molecular flexibility index (Phi) is 5.86. The van der Waals surface area contributed by atoms with Gasteiger partial charge in [-0.2, -0.15) is 11.8 Å². The van der Waals surface area contributed by atoms with Gasteiger partial charge in [0.05, 0.1) is 7.11 Å². The minimum Gasteiger partial charge on any atom is -0.468 e. The van der Waals surface area contributed by atoms with Crippen molar-refractivity contribution in [2.24, 2.45) is 5.92 Å². The highest BCUT2D eigenvalue weighted by Gasteiger charge is 2.23. The zero-order chi connectivity index (χ0) is 14.4. The van der Waals surface area contributed by atoms with Crippen molar-refractivity contribution in [3.05, 3.63) is 35.6 Å². The molecular weight excluding hydrogens is 277 g/mol. The Morgan fingerprint density at radius 2 is 2.05 bits per heavy atom. The van der Waals surface area contributed by atoms with Gasteiger partial charge in [0.1, 0.15) is 11.9 Å². The Balaban J connectivity index is 1.99. The topological polar surface area (TPSA) is 38.3 Å². The maximum absolute atomic E-state index is 13.0. The smallest absolute Gasteiger partial charge is 0.327 e. The molecule has 1 aromatic rings. The summed E-state index contributed by atoms with van der Waals surface area (Å²) < 4.78 is 17.8. The average Bonchev–Trinajstić information content (AvgIpc) is 2.50. The van der Waals surface area contributed by atoms with Gasteiger partial charge in [0.2, 0.25) is 0 Å². The minimum atomic E-state index is -0.518. The normalized spacial score (nSPS) is 17.7. The summed E-state index contributed by atoms with van der Waals surface area (Å²) in [7, 11) is 1.37. The van der Waals surface area contributed by atoms with Crippen molar-refractivity contribution in [1.82, 2.24) is 5.32 Å². The van der Waals surface area contributed by atoms with E-state index in [1.165, 1.54) is 43.6 Å². The molecule has 1 aliphatic rings. The van der Waals surface area contributed by atoms with E-state index in [1.807, 2.05) is 11.8 Å². The molecule has 2 rings (SSSR count). The van der Waals surface area contributed by atoms with Crippen LogP contribution in [-0.4, -0.2) is 31.1 Å². The second-order valence-corrected chi connectivity index (χ2v) is 6.20. The van der Waals surface area contributed by atoms with Crippen LogP contribution in [0.15, 0.2) is 24.3 Å². The number of hydrogen-bond donors (Lipinski definition) is 1. The maximum atomic E-state index is 13.0. The van der Waals surface area contributed by atoms with Crippen LogP contribution in [0.1, 0.15) is 24.4 Å². The molecule has 1 aromatic carbocycles. The fourth-order valence-electron chi connectivity index (χ4n) is 2.35. The molecular formula is C15H20FNO2S. The molecule has 0 saturated carbocycles. The second-order valence-electron chi connectivity index (χ2n) is 4.97. The third kappa shape index (κ3) is 4.21. The van der Waals surface area contributed by atoms with E-state index in [0.29, 0.717) is 5.92 Å². The Morgan fingerprint density at radius 3 is 2.65 bits per heavy atom. The van der Waals surface area contributed by atoms with Gasteiger partial charge >= 0.3 is 5.97 Å². The number of hydrogen-bond acceptors (Lipinski definition) is 4. The summed E-state index contributed by atoms with van der Waals surface area (Å²) in [6, 6.07) is 5.46. The minimum absolute atomic E-state index is 0.304. The van der Waals surface area contributed by atoms with E-state index in [1.54, 1.807) is 12.1 Å². The molecule has 0 spiro atoms. The highest BCUT2D eigenvalue weighted by atomic mass is 32.2. The Labute approximate surface area is 123 Å². The van der Waals surface area contributed by atoms with Gasteiger partial charge in [-0.3, -0.25) is 0 Å². The van der Waals surface area contributed by atoms with E-state index in [4.69, 9.17) is 4.74 Å². The van der Waals surface area contributed by atoms with Gasteiger partial charge < -0.3 is 10.1 Å². The Bertz CT molecular complexity index is 432. The van der Waals surface area contributed by atoms with Crippen LogP contribution in [-0.2, 0) is 9.53 Å². The molecule has 1 aliphatic heterocycles. The number of carbonyl (C=O) groups excluding carboxylic acids is 1. The maximum Gasteiger partial charge on any atom is 0.327 e. The first-order chi connectivity index (χ1) is 9.70. The lowest BCUT2D eigenvalue weighted by molar-refractivity contribution is -0.143. The lowest BCUT2D eigenvalue weighted by Crippen LogP contribution is -2.34.